The minimum atomic E-state index is -0.533. The fraction of sp³-hybridized carbons (Fsp3) is 0.500. The first-order valence-corrected chi connectivity index (χ1v) is 6.94. The second-order valence-corrected chi connectivity index (χ2v) is 5.48. The van der Waals surface area contributed by atoms with Gasteiger partial charge >= 0.3 is 0 Å². The number of nitrogens with two attached hydrogens (primary N) is 1. The van der Waals surface area contributed by atoms with Gasteiger partial charge in [0.05, 0.1) is 5.92 Å². The smallest absolute Gasteiger partial charge is 0.267 e. The minimum absolute atomic E-state index is 0.0285. The summed E-state index contributed by atoms with van der Waals surface area (Å²) in [6.45, 7) is 1.49. The fourth-order valence-electron chi connectivity index (χ4n) is 2.51. The van der Waals surface area contributed by atoms with Gasteiger partial charge in [0, 0.05) is 31.0 Å². The van der Waals surface area contributed by atoms with Crippen molar-refractivity contribution in [2.45, 2.75) is 25.3 Å². The van der Waals surface area contributed by atoms with Crippen molar-refractivity contribution < 1.29 is 9.59 Å². The van der Waals surface area contributed by atoms with Gasteiger partial charge < -0.3 is 16.0 Å². The Bertz CT molecular complexity index is 542. The molecular formula is C14H18N4O2. The molecule has 1 aliphatic heterocycles. The predicted octanol–water partition coefficient (Wildman–Crippen LogP) is 0.285. The highest BCUT2D eigenvalue weighted by Crippen LogP contribution is 2.25. The summed E-state index contributed by atoms with van der Waals surface area (Å²) in [4.78, 5) is 29.2. The van der Waals surface area contributed by atoms with Crippen LogP contribution in [0.25, 0.3) is 0 Å². The van der Waals surface area contributed by atoms with Crippen LogP contribution in [0.5, 0.6) is 0 Å². The van der Waals surface area contributed by atoms with E-state index in [1.54, 1.807) is 12.3 Å². The Morgan fingerprint density at radius 2 is 2.15 bits per heavy atom. The van der Waals surface area contributed by atoms with E-state index in [2.05, 4.69) is 15.2 Å². The number of aromatic nitrogens is 1. The van der Waals surface area contributed by atoms with Crippen LogP contribution < -0.4 is 16.0 Å². The Morgan fingerprint density at radius 1 is 1.35 bits per heavy atom. The van der Waals surface area contributed by atoms with E-state index in [4.69, 9.17) is 5.73 Å². The number of carbonyl (C=O) groups is 2. The van der Waals surface area contributed by atoms with Crippen molar-refractivity contribution in [3.63, 3.8) is 0 Å². The van der Waals surface area contributed by atoms with E-state index in [0.29, 0.717) is 12.6 Å². The van der Waals surface area contributed by atoms with E-state index < -0.39 is 5.91 Å². The zero-order valence-electron chi connectivity index (χ0n) is 11.2. The summed E-state index contributed by atoms with van der Waals surface area (Å²) in [5.41, 5.74) is 6.39. The first-order valence-electron chi connectivity index (χ1n) is 6.94. The third kappa shape index (κ3) is 2.74. The van der Waals surface area contributed by atoms with Gasteiger partial charge in [-0.15, -0.1) is 0 Å². The number of rotatable bonds is 4. The Labute approximate surface area is 117 Å². The van der Waals surface area contributed by atoms with Gasteiger partial charge in [0.1, 0.15) is 5.69 Å². The number of primary amides is 1. The van der Waals surface area contributed by atoms with Crippen molar-refractivity contribution in [2.75, 3.05) is 18.0 Å². The van der Waals surface area contributed by atoms with Crippen LogP contribution in [0, 0.1) is 5.92 Å². The molecule has 1 aromatic rings. The zero-order valence-corrected chi connectivity index (χ0v) is 11.2. The summed E-state index contributed by atoms with van der Waals surface area (Å²) < 4.78 is 0. The van der Waals surface area contributed by atoms with Crippen molar-refractivity contribution >= 4 is 17.5 Å². The van der Waals surface area contributed by atoms with Crippen molar-refractivity contribution in [1.82, 2.24) is 10.3 Å². The Morgan fingerprint density at radius 3 is 2.85 bits per heavy atom. The lowest BCUT2D eigenvalue weighted by atomic mass is 10.1. The summed E-state index contributed by atoms with van der Waals surface area (Å²) in [7, 11) is 0. The van der Waals surface area contributed by atoms with E-state index in [1.165, 1.54) is 0 Å². The Balaban J connectivity index is 1.65. The van der Waals surface area contributed by atoms with Gasteiger partial charge in [-0.1, -0.05) is 0 Å². The lowest BCUT2D eigenvalue weighted by Crippen LogP contribution is -2.34. The first kappa shape index (κ1) is 12.9. The zero-order chi connectivity index (χ0) is 14.1. The van der Waals surface area contributed by atoms with E-state index in [0.717, 1.165) is 31.5 Å². The van der Waals surface area contributed by atoms with Crippen LogP contribution in [0.15, 0.2) is 18.3 Å². The molecule has 1 saturated carbocycles. The number of anilines is 1. The second-order valence-electron chi connectivity index (χ2n) is 5.48. The van der Waals surface area contributed by atoms with Crippen molar-refractivity contribution in [3.8, 4) is 0 Å². The molecule has 0 spiro atoms. The molecule has 1 unspecified atom stereocenters. The van der Waals surface area contributed by atoms with Crippen molar-refractivity contribution in [2.24, 2.45) is 11.7 Å². The first-order chi connectivity index (χ1) is 9.63. The maximum Gasteiger partial charge on any atom is 0.267 e. The highest BCUT2D eigenvalue weighted by atomic mass is 16.2. The van der Waals surface area contributed by atoms with Gasteiger partial charge in [-0.05, 0) is 31.4 Å². The third-order valence-electron chi connectivity index (χ3n) is 3.84. The van der Waals surface area contributed by atoms with E-state index in [9.17, 15) is 9.59 Å². The van der Waals surface area contributed by atoms with Crippen LogP contribution in [0.1, 0.15) is 29.8 Å². The van der Waals surface area contributed by atoms with Crippen LogP contribution in [0.4, 0.5) is 5.69 Å². The summed E-state index contributed by atoms with van der Waals surface area (Å²) in [6, 6.07) is 3.93. The van der Waals surface area contributed by atoms with Crippen LogP contribution in [0.2, 0.25) is 0 Å². The molecule has 2 heterocycles. The molecule has 1 saturated heterocycles. The molecule has 3 N–H and O–H groups in total. The van der Waals surface area contributed by atoms with Gasteiger partial charge in [0.15, 0.2) is 0 Å². The molecule has 20 heavy (non-hydrogen) atoms. The topological polar surface area (TPSA) is 88.3 Å². The highest BCUT2D eigenvalue weighted by Gasteiger charge is 2.32. The van der Waals surface area contributed by atoms with Crippen LogP contribution in [0.3, 0.4) is 0 Å². The molecule has 2 aliphatic rings. The number of pyridine rings is 1. The molecule has 0 radical (unpaired) electrons. The molecule has 1 atom stereocenters. The highest BCUT2D eigenvalue weighted by molar-refractivity contribution is 5.91. The third-order valence-corrected chi connectivity index (χ3v) is 3.84. The van der Waals surface area contributed by atoms with Crippen LogP contribution in [-0.4, -0.2) is 35.9 Å². The maximum atomic E-state index is 12.0. The molecular weight excluding hydrogens is 256 g/mol. The monoisotopic (exact) mass is 274 g/mol. The van der Waals surface area contributed by atoms with Gasteiger partial charge in [0.25, 0.3) is 5.91 Å². The molecule has 0 aromatic carbocycles. The number of amides is 2. The molecule has 0 bridgehead atoms. The quantitative estimate of drug-likeness (QED) is 0.825. The summed E-state index contributed by atoms with van der Waals surface area (Å²) in [6.07, 6.45) is 4.63. The molecule has 6 heteroatoms. The van der Waals surface area contributed by atoms with Gasteiger partial charge in [0.2, 0.25) is 5.91 Å². The minimum Gasteiger partial charge on any atom is -0.371 e. The molecule has 2 fully saturated rings. The van der Waals surface area contributed by atoms with Gasteiger partial charge in [-0.3, -0.25) is 14.6 Å². The lowest BCUT2D eigenvalue weighted by molar-refractivity contribution is -0.124. The molecule has 2 amide bonds. The largest absolute Gasteiger partial charge is 0.371 e. The van der Waals surface area contributed by atoms with Crippen molar-refractivity contribution in [3.05, 3.63) is 24.0 Å². The SMILES string of the molecule is NC(=O)c1cc(N2CCC(C(=O)NC3CC3)C2)ccn1. The van der Waals surface area contributed by atoms with E-state index in [1.807, 2.05) is 6.07 Å². The summed E-state index contributed by atoms with van der Waals surface area (Å²) in [5, 5.41) is 3.05. The summed E-state index contributed by atoms with van der Waals surface area (Å²) >= 11 is 0. The predicted molar refractivity (Wildman–Crippen MR) is 74.2 cm³/mol. The number of nitrogens with one attached hydrogen (secondary N) is 1. The molecule has 106 valence electrons. The molecule has 6 nitrogen and oxygen atoms in total. The number of hydrogen-bond acceptors (Lipinski definition) is 4. The van der Waals surface area contributed by atoms with Gasteiger partial charge in [-0.2, -0.15) is 0 Å². The van der Waals surface area contributed by atoms with Crippen LogP contribution in [-0.2, 0) is 4.79 Å². The molecule has 1 aliphatic carbocycles. The average Bonchev–Trinajstić information content (AvgIpc) is 3.11. The molecule has 1 aromatic heterocycles. The number of nitrogens with zero attached hydrogens (tertiary/aromatic N) is 2. The second kappa shape index (κ2) is 5.11. The standard InChI is InChI=1S/C14H18N4O2/c15-13(19)12-7-11(3-5-16-12)18-6-4-9(8-18)14(20)17-10-1-2-10/h3,5,7,9-10H,1-2,4,6,8H2,(H2,15,19)(H,17,20). The van der Waals surface area contributed by atoms with Gasteiger partial charge in [-0.25, -0.2) is 0 Å². The number of carbonyl (C=O) groups excluding carboxylic acids is 2. The van der Waals surface area contributed by atoms with Crippen LogP contribution >= 0.6 is 0 Å². The normalized spacial score (nSPS) is 21.8. The molecule has 3 rings (SSSR count). The summed E-state index contributed by atoms with van der Waals surface area (Å²) in [5.74, 6) is -0.353. The average molecular weight is 274 g/mol. The van der Waals surface area contributed by atoms with Crippen molar-refractivity contribution in [1.29, 1.82) is 0 Å². The maximum absolute atomic E-state index is 12.0. The van der Waals surface area contributed by atoms with E-state index in [-0.39, 0.29) is 17.5 Å². The Kier molecular flexibility index (Phi) is 3.30. The van der Waals surface area contributed by atoms with E-state index >= 15 is 0 Å². The Hall–Kier alpha value is -2.11. The number of hydrogen-bond donors (Lipinski definition) is 2. The fourth-order valence-corrected chi connectivity index (χ4v) is 2.51. The lowest BCUT2D eigenvalue weighted by Gasteiger charge is -2.18.